The number of hydrogen-bond acceptors (Lipinski definition) is 4. The molecule has 0 unspecified atom stereocenters. The Morgan fingerprint density at radius 1 is 0.889 bits per heavy atom. The zero-order valence-corrected chi connectivity index (χ0v) is 16.6. The number of carbonyl (C=O) groups excluding carboxylic acids is 2. The third-order valence-electron chi connectivity index (χ3n) is 4.57. The molecule has 1 fully saturated rings. The fourth-order valence-electron chi connectivity index (χ4n) is 2.99. The van der Waals surface area contributed by atoms with E-state index in [1.165, 1.54) is 5.69 Å². The number of para-hydroxylation sites is 1. The number of carbonyl (C=O) groups is 2. The largest absolute Gasteiger partial charge is 0.369 e. The van der Waals surface area contributed by atoms with Crippen LogP contribution < -0.4 is 15.8 Å². The van der Waals surface area contributed by atoms with E-state index in [2.05, 4.69) is 60.8 Å². The number of hydrazine groups is 1. The fraction of sp³-hybridized carbons (Fsp3) is 0.300. The highest BCUT2D eigenvalue weighted by molar-refractivity contribution is 9.10. The second kappa shape index (κ2) is 9.53. The molecule has 1 saturated heterocycles. The van der Waals surface area contributed by atoms with Crippen LogP contribution in [-0.2, 0) is 4.79 Å². The zero-order chi connectivity index (χ0) is 19.1. The Kier molecular flexibility index (Phi) is 6.84. The first-order chi connectivity index (χ1) is 13.1. The number of benzene rings is 2. The first kappa shape index (κ1) is 19.4. The molecule has 0 aliphatic carbocycles. The van der Waals surface area contributed by atoms with Crippen LogP contribution in [0.3, 0.4) is 0 Å². The monoisotopic (exact) mass is 430 g/mol. The minimum absolute atomic E-state index is 0.189. The summed E-state index contributed by atoms with van der Waals surface area (Å²) >= 11 is 3.32. The van der Waals surface area contributed by atoms with Gasteiger partial charge in [-0.15, -0.1) is 0 Å². The van der Waals surface area contributed by atoms with Crippen LogP contribution in [-0.4, -0.2) is 49.4 Å². The lowest BCUT2D eigenvalue weighted by Crippen LogP contribution is -2.48. The van der Waals surface area contributed by atoms with Crippen LogP contribution in [0.1, 0.15) is 16.8 Å². The first-order valence-corrected chi connectivity index (χ1v) is 9.78. The van der Waals surface area contributed by atoms with E-state index in [-0.39, 0.29) is 11.8 Å². The van der Waals surface area contributed by atoms with Crippen molar-refractivity contribution in [1.82, 2.24) is 15.8 Å². The molecule has 1 aliphatic heterocycles. The highest BCUT2D eigenvalue weighted by atomic mass is 79.9. The van der Waals surface area contributed by atoms with Crippen molar-refractivity contribution in [2.24, 2.45) is 0 Å². The van der Waals surface area contributed by atoms with Gasteiger partial charge in [-0.05, 0) is 36.4 Å². The summed E-state index contributed by atoms with van der Waals surface area (Å²) in [6.07, 6.45) is 0.353. The summed E-state index contributed by atoms with van der Waals surface area (Å²) in [7, 11) is 0. The number of rotatable bonds is 5. The Hall–Kier alpha value is -2.38. The first-order valence-electron chi connectivity index (χ1n) is 8.99. The minimum Gasteiger partial charge on any atom is -0.369 e. The van der Waals surface area contributed by atoms with Gasteiger partial charge in [0, 0.05) is 54.9 Å². The van der Waals surface area contributed by atoms with Gasteiger partial charge in [-0.25, -0.2) is 0 Å². The molecule has 0 bridgehead atoms. The van der Waals surface area contributed by atoms with Crippen molar-refractivity contribution in [2.75, 3.05) is 37.6 Å². The molecule has 1 aliphatic rings. The normalized spacial score (nSPS) is 14.6. The molecular formula is C20H23BrN4O2. The van der Waals surface area contributed by atoms with E-state index in [9.17, 15) is 9.59 Å². The second-order valence-corrected chi connectivity index (χ2v) is 7.34. The fourth-order valence-corrected chi connectivity index (χ4v) is 3.25. The van der Waals surface area contributed by atoms with E-state index in [1.54, 1.807) is 24.3 Å². The summed E-state index contributed by atoms with van der Waals surface area (Å²) < 4.78 is 0.899. The van der Waals surface area contributed by atoms with E-state index in [1.807, 2.05) is 6.07 Å². The molecule has 27 heavy (non-hydrogen) atoms. The average Bonchev–Trinajstić information content (AvgIpc) is 2.72. The van der Waals surface area contributed by atoms with Gasteiger partial charge in [0.2, 0.25) is 5.91 Å². The lowest BCUT2D eigenvalue weighted by atomic mass is 10.2. The van der Waals surface area contributed by atoms with Gasteiger partial charge in [0.1, 0.15) is 0 Å². The van der Waals surface area contributed by atoms with Crippen molar-refractivity contribution in [2.45, 2.75) is 6.42 Å². The number of piperazine rings is 1. The topological polar surface area (TPSA) is 64.7 Å². The standard InChI is InChI=1S/C20H23BrN4O2/c21-17-8-6-16(7-9-17)20(27)23-22-19(26)10-11-24-12-14-25(15-13-24)18-4-2-1-3-5-18/h1-9H,10-15H2,(H,22,26)(H,23,27). The van der Waals surface area contributed by atoms with Crippen LogP contribution in [0.25, 0.3) is 0 Å². The number of amides is 2. The molecule has 0 aromatic heterocycles. The SMILES string of the molecule is O=C(CCN1CCN(c2ccccc2)CC1)NNC(=O)c1ccc(Br)cc1. The predicted molar refractivity (Wildman–Crippen MR) is 109 cm³/mol. The molecule has 3 rings (SSSR count). The van der Waals surface area contributed by atoms with Crippen LogP contribution in [0.4, 0.5) is 5.69 Å². The van der Waals surface area contributed by atoms with E-state index in [0.29, 0.717) is 18.5 Å². The molecule has 142 valence electrons. The van der Waals surface area contributed by atoms with Crippen molar-refractivity contribution in [1.29, 1.82) is 0 Å². The van der Waals surface area contributed by atoms with Crippen molar-refractivity contribution < 1.29 is 9.59 Å². The number of nitrogens with one attached hydrogen (secondary N) is 2. The summed E-state index contributed by atoms with van der Waals surface area (Å²) in [6, 6.07) is 17.3. The van der Waals surface area contributed by atoms with Crippen molar-refractivity contribution in [3.8, 4) is 0 Å². The molecule has 6 nitrogen and oxygen atoms in total. The molecular weight excluding hydrogens is 408 g/mol. The van der Waals surface area contributed by atoms with E-state index >= 15 is 0 Å². The number of anilines is 1. The van der Waals surface area contributed by atoms with Gasteiger partial charge in [0.15, 0.2) is 0 Å². The van der Waals surface area contributed by atoms with Crippen LogP contribution >= 0.6 is 15.9 Å². The third-order valence-corrected chi connectivity index (χ3v) is 5.10. The summed E-state index contributed by atoms with van der Waals surface area (Å²) in [5.41, 5.74) is 6.67. The Labute approximate surface area is 167 Å². The highest BCUT2D eigenvalue weighted by Crippen LogP contribution is 2.15. The number of halogens is 1. The molecule has 0 atom stereocenters. The Morgan fingerprint density at radius 2 is 1.56 bits per heavy atom. The zero-order valence-electron chi connectivity index (χ0n) is 15.0. The van der Waals surface area contributed by atoms with Gasteiger partial charge in [0.25, 0.3) is 5.91 Å². The van der Waals surface area contributed by atoms with Crippen molar-refractivity contribution in [3.63, 3.8) is 0 Å². The molecule has 2 aromatic carbocycles. The smallest absolute Gasteiger partial charge is 0.269 e. The maximum atomic E-state index is 12.0. The summed E-state index contributed by atoms with van der Waals surface area (Å²) in [5.74, 6) is -0.515. The minimum atomic E-state index is -0.327. The van der Waals surface area contributed by atoms with Gasteiger partial charge in [-0.2, -0.15) is 0 Å². The predicted octanol–water partition coefficient (Wildman–Crippen LogP) is 2.42. The Bertz CT molecular complexity index is 759. The summed E-state index contributed by atoms with van der Waals surface area (Å²) in [4.78, 5) is 28.6. The van der Waals surface area contributed by atoms with Crippen molar-refractivity contribution in [3.05, 3.63) is 64.6 Å². The molecule has 2 N–H and O–H groups in total. The quantitative estimate of drug-likeness (QED) is 0.714. The number of hydrogen-bond donors (Lipinski definition) is 2. The highest BCUT2D eigenvalue weighted by Gasteiger charge is 2.17. The van der Waals surface area contributed by atoms with Gasteiger partial charge < -0.3 is 4.90 Å². The van der Waals surface area contributed by atoms with Gasteiger partial charge in [0.05, 0.1) is 0 Å². The molecule has 7 heteroatoms. The molecule has 0 spiro atoms. The molecule has 2 amide bonds. The molecule has 0 saturated carbocycles. The average molecular weight is 431 g/mol. The van der Waals surface area contributed by atoms with Crippen molar-refractivity contribution >= 4 is 33.4 Å². The summed E-state index contributed by atoms with van der Waals surface area (Å²) in [6.45, 7) is 4.43. The maximum Gasteiger partial charge on any atom is 0.269 e. The van der Waals surface area contributed by atoms with E-state index in [4.69, 9.17) is 0 Å². The van der Waals surface area contributed by atoms with Crippen LogP contribution in [0.5, 0.6) is 0 Å². The lowest BCUT2D eigenvalue weighted by Gasteiger charge is -2.36. The van der Waals surface area contributed by atoms with Crippen LogP contribution in [0.15, 0.2) is 59.1 Å². The summed E-state index contributed by atoms with van der Waals surface area (Å²) in [5, 5.41) is 0. The molecule has 0 radical (unpaired) electrons. The van der Waals surface area contributed by atoms with Gasteiger partial charge in [-0.1, -0.05) is 34.1 Å². The molecule has 1 heterocycles. The van der Waals surface area contributed by atoms with Crippen LogP contribution in [0.2, 0.25) is 0 Å². The lowest BCUT2D eigenvalue weighted by molar-refractivity contribution is -0.122. The molecule has 2 aromatic rings. The Morgan fingerprint density at radius 3 is 2.22 bits per heavy atom. The second-order valence-electron chi connectivity index (χ2n) is 6.42. The maximum absolute atomic E-state index is 12.0. The van der Waals surface area contributed by atoms with E-state index < -0.39 is 0 Å². The van der Waals surface area contributed by atoms with Gasteiger partial charge >= 0.3 is 0 Å². The number of nitrogens with zero attached hydrogens (tertiary/aromatic N) is 2. The Balaban J connectivity index is 1.35. The van der Waals surface area contributed by atoms with Crippen LogP contribution in [0, 0.1) is 0 Å². The van der Waals surface area contributed by atoms with E-state index in [0.717, 1.165) is 30.7 Å². The third kappa shape index (κ3) is 5.80. The van der Waals surface area contributed by atoms with Gasteiger partial charge in [-0.3, -0.25) is 25.3 Å².